The molecule has 32 heavy (non-hydrogen) atoms. The molecule has 2 aliphatic rings. The minimum atomic E-state index is -0.899. The summed E-state index contributed by atoms with van der Waals surface area (Å²) in [7, 11) is 0. The molecule has 1 aromatic heterocycles. The van der Waals surface area contributed by atoms with Gasteiger partial charge in [0, 0.05) is 48.1 Å². The smallest absolute Gasteiger partial charge is 0.240 e. The molecule has 1 aliphatic carbocycles. The van der Waals surface area contributed by atoms with E-state index in [1.807, 2.05) is 0 Å². The lowest BCUT2D eigenvalue weighted by molar-refractivity contribution is -0.124. The van der Waals surface area contributed by atoms with Gasteiger partial charge < -0.3 is 16.0 Å². The summed E-state index contributed by atoms with van der Waals surface area (Å²) in [6.07, 6.45) is 9.28. The molecule has 1 saturated carbocycles. The van der Waals surface area contributed by atoms with Gasteiger partial charge in [-0.05, 0) is 50.8 Å². The number of hydrogen-bond donors (Lipinski definition) is 2. The molecule has 1 saturated heterocycles. The van der Waals surface area contributed by atoms with Crippen molar-refractivity contribution in [2.24, 2.45) is 17.1 Å². The molecule has 2 fully saturated rings. The number of anilines is 1. The summed E-state index contributed by atoms with van der Waals surface area (Å²) < 4.78 is 14.4. The van der Waals surface area contributed by atoms with Crippen molar-refractivity contribution in [3.8, 4) is 29.8 Å². The van der Waals surface area contributed by atoms with Crippen LogP contribution >= 0.6 is 0 Å². The summed E-state index contributed by atoms with van der Waals surface area (Å²) in [4.78, 5) is 23.7. The molecule has 1 aromatic carbocycles. The number of rotatable bonds is 6. The van der Waals surface area contributed by atoms with Gasteiger partial charge in [-0.1, -0.05) is 5.92 Å². The molecule has 7 nitrogen and oxygen atoms in total. The maximum absolute atomic E-state index is 14.4. The first-order valence-corrected chi connectivity index (χ1v) is 10.7. The van der Waals surface area contributed by atoms with E-state index in [-0.39, 0.29) is 12.5 Å². The van der Waals surface area contributed by atoms with Crippen molar-refractivity contribution >= 4 is 11.7 Å². The first kappa shape index (κ1) is 21.7. The zero-order chi connectivity index (χ0) is 22.9. The summed E-state index contributed by atoms with van der Waals surface area (Å²) in [5, 5.41) is 12.1. The molecule has 1 unspecified atom stereocenters. The molecular formula is C24H25FN6O. The number of nitriles is 1. The van der Waals surface area contributed by atoms with E-state index in [2.05, 4.69) is 27.2 Å². The van der Waals surface area contributed by atoms with Gasteiger partial charge in [-0.25, -0.2) is 14.4 Å². The lowest BCUT2D eigenvalue weighted by Crippen LogP contribution is -2.32. The molecule has 8 heteroatoms. The number of carbonyl (C=O) groups is 1. The summed E-state index contributed by atoms with van der Waals surface area (Å²) in [6.45, 7) is 3.95. The van der Waals surface area contributed by atoms with E-state index in [0.29, 0.717) is 53.6 Å². The number of aromatic nitrogens is 2. The molecule has 164 valence electrons. The standard InChI is InChI=1S/C24H25FN6O/c1-3-17-8-18(9-20(25)15(17)2)21-28-11-19(12-29-23(32)24(14-27)5-6-24)22(30-21)31-7-4-16(10-26)13-31/h1,8-9,11,16H,4-7,10,12-13,26H2,2H3,(H,29,32). The average Bonchev–Trinajstić information content (AvgIpc) is 3.48. The highest BCUT2D eigenvalue weighted by Gasteiger charge is 2.50. The zero-order valence-electron chi connectivity index (χ0n) is 18.0. The monoisotopic (exact) mass is 432 g/mol. The summed E-state index contributed by atoms with van der Waals surface area (Å²) in [6, 6.07) is 5.19. The number of nitrogens with zero attached hydrogens (tertiary/aromatic N) is 4. The van der Waals surface area contributed by atoms with Crippen molar-refractivity contribution in [2.75, 3.05) is 24.5 Å². The van der Waals surface area contributed by atoms with Gasteiger partial charge in [0.15, 0.2) is 5.82 Å². The SMILES string of the molecule is C#Cc1cc(-c2ncc(CNC(=O)C3(C#N)CC3)c(N3CCC(CN)C3)n2)cc(F)c1C. The Bertz CT molecular complexity index is 1140. The van der Waals surface area contributed by atoms with E-state index in [0.717, 1.165) is 25.1 Å². The minimum absolute atomic E-state index is 0.208. The van der Waals surface area contributed by atoms with Crippen LogP contribution in [0.5, 0.6) is 0 Å². The number of benzene rings is 1. The molecule has 1 amide bonds. The molecule has 1 aliphatic heterocycles. The van der Waals surface area contributed by atoms with Gasteiger partial charge in [-0.3, -0.25) is 4.79 Å². The number of hydrogen-bond acceptors (Lipinski definition) is 6. The number of carbonyl (C=O) groups excluding carboxylic acids is 1. The molecule has 4 rings (SSSR count). The van der Waals surface area contributed by atoms with E-state index in [1.165, 1.54) is 6.07 Å². The largest absolute Gasteiger partial charge is 0.356 e. The lowest BCUT2D eigenvalue weighted by Gasteiger charge is -2.22. The fourth-order valence-electron chi connectivity index (χ4n) is 3.97. The Morgan fingerprint density at radius 2 is 2.25 bits per heavy atom. The van der Waals surface area contributed by atoms with E-state index >= 15 is 0 Å². The van der Waals surface area contributed by atoms with Crippen molar-refractivity contribution in [3.05, 3.63) is 40.8 Å². The lowest BCUT2D eigenvalue weighted by atomic mass is 10.0. The fourth-order valence-corrected chi connectivity index (χ4v) is 3.97. The Hall–Kier alpha value is -3.49. The van der Waals surface area contributed by atoms with Gasteiger partial charge in [0.1, 0.15) is 17.1 Å². The molecule has 3 N–H and O–H groups in total. The number of nitrogens with one attached hydrogen (secondary N) is 1. The van der Waals surface area contributed by atoms with Crippen LogP contribution in [0.3, 0.4) is 0 Å². The Balaban J connectivity index is 1.67. The van der Waals surface area contributed by atoms with Crippen LogP contribution in [0.25, 0.3) is 11.4 Å². The highest BCUT2D eigenvalue weighted by molar-refractivity contribution is 5.88. The number of terminal acetylenes is 1. The zero-order valence-corrected chi connectivity index (χ0v) is 18.0. The third-order valence-electron chi connectivity index (χ3n) is 6.36. The van der Waals surface area contributed by atoms with Crippen LogP contribution in [0.1, 0.15) is 36.0 Å². The fraction of sp³-hybridized carbons (Fsp3) is 0.417. The molecular weight excluding hydrogens is 407 g/mol. The van der Waals surface area contributed by atoms with Gasteiger partial charge in [-0.15, -0.1) is 6.42 Å². The van der Waals surface area contributed by atoms with E-state index in [1.54, 1.807) is 19.2 Å². The van der Waals surface area contributed by atoms with Gasteiger partial charge in [0.2, 0.25) is 5.91 Å². The van der Waals surface area contributed by atoms with Crippen molar-refractivity contribution in [3.63, 3.8) is 0 Å². The van der Waals surface area contributed by atoms with Crippen LogP contribution in [0.4, 0.5) is 10.2 Å². The Labute approximate surface area is 186 Å². The maximum atomic E-state index is 14.4. The van der Waals surface area contributed by atoms with Crippen LogP contribution in [0.2, 0.25) is 0 Å². The van der Waals surface area contributed by atoms with Crippen molar-refractivity contribution in [2.45, 2.75) is 32.7 Å². The van der Waals surface area contributed by atoms with Gasteiger partial charge in [-0.2, -0.15) is 5.26 Å². The quantitative estimate of drug-likeness (QED) is 0.678. The van der Waals surface area contributed by atoms with Crippen molar-refractivity contribution in [1.82, 2.24) is 15.3 Å². The number of halogens is 1. The second kappa shape index (κ2) is 8.57. The van der Waals surface area contributed by atoms with Crippen LogP contribution in [-0.4, -0.2) is 35.5 Å². The number of amides is 1. The van der Waals surface area contributed by atoms with E-state index in [4.69, 9.17) is 17.1 Å². The molecule has 0 radical (unpaired) electrons. The van der Waals surface area contributed by atoms with Crippen LogP contribution in [0, 0.1) is 47.7 Å². The molecule has 2 heterocycles. The Morgan fingerprint density at radius 1 is 1.47 bits per heavy atom. The third-order valence-corrected chi connectivity index (χ3v) is 6.36. The Morgan fingerprint density at radius 3 is 2.88 bits per heavy atom. The highest BCUT2D eigenvalue weighted by atomic mass is 19.1. The van der Waals surface area contributed by atoms with Crippen LogP contribution in [-0.2, 0) is 11.3 Å². The molecule has 2 aromatic rings. The van der Waals surface area contributed by atoms with Crippen LogP contribution < -0.4 is 16.0 Å². The van der Waals surface area contributed by atoms with Gasteiger partial charge >= 0.3 is 0 Å². The van der Waals surface area contributed by atoms with E-state index in [9.17, 15) is 14.4 Å². The van der Waals surface area contributed by atoms with E-state index < -0.39 is 11.2 Å². The van der Waals surface area contributed by atoms with Crippen LogP contribution in [0.15, 0.2) is 18.3 Å². The Kier molecular flexibility index (Phi) is 5.82. The van der Waals surface area contributed by atoms with Gasteiger partial charge in [0.05, 0.1) is 6.07 Å². The minimum Gasteiger partial charge on any atom is -0.356 e. The van der Waals surface area contributed by atoms with Crippen molar-refractivity contribution < 1.29 is 9.18 Å². The predicted molar refractivity (Wildman–Crippen MR) is 119 cm³/mol. The molecule has 1 atom stereocenters. The van der Waals surface area contributed by atoms with Crippen molar-refractivity contribution in [1.29, 1.82) is 5.26 Å². The highest BCUT2D eigenvalue weighted by Crippen LogP contribution is 2.45. The second-order valence-electron chi connectivity index (χ2n) is 8.53. The number of nitrogens with two attached hydrogens (primary N) is 1. The average molecular weight is 433 g/mol. The summed E-state index contributed by atoms with van der Waals surface area (Å²) in [5.41, 5.74) is 7.05. The third kappa shape index (κ3) is 4.02. The summed E-state index contributed by atoms with van der Waals surface area (Å²) >= 11 is 0. The first-order chi connectivity index (χ1) is 15.4. The molecule has 0 spiro atoms. The topological polar surface area (TPSA) is 108 Å². The first-order valence-electron chi connectivity index (χ1n) is 10.7. The van der Waals surface area contributed by atoms with Gasteiger partial charge in [0.25, 0.3) is 0 Å². The maximum Gasteiger partial charge on any atom is 0.240 e. The normalized spacial score (nSPS) is 18.7. The second-order valence-corrected chi connectivity index (χ2v) is 8.53. The summed E-state index contributed by atoms with van der Waals surface area (Å²) in [5.74, 6) is 3.22. The molecule has 0 bridgehead atoms. The predicted octanol–water partition coefficient (Wildman–Crippen LogP) is 2.28.